The molecule has 0 heterocycles. The van der Waals surface area contributed by atoms with Gasteiger partial charge in [-0.05, 0) is 20.8 Å². The molecular weight excluding hydrogens is 160 g/mol. The van der Waals surface area contributed by atoms with Crippen LogP contribution in [0.3, 0.4) is 0 Å². The Morgan fingerprint density at radius 2 is 1.75 bits per heavy atom. The van der Waals surface area contributed by atoms with Gasteiger partial charge in [0.25, 0.3) is 0 Å². The number of aliphatic hydroxyl groups is 1. The molecule has 0 aromatic rings. The number of carbonyl (C=O) groups is 1. The maximum atomic E-state index is 11.0. The minimum Gasteiger partial charge on any atom is -0.508 e. The molecule has 0 bridgehead atoms. The fourth-order valence-corrected chi connectivity index (χ4v) is 0.652. The van der Waals surface area contributed by atoms with Crippen LogP contribution in [0.15, 0.2) is 11.5 Å². The quantitative estimate of drug-likeness (QED) is 0.397. The van der Waals surface area contributed by atoms with Gasteiger partial charge in [-0.2, -0.15) is 0 Å². The maximum Gasteiger partial charge on any atom is 0.377 e. The Balaban J connectivity index is 4.32. The van der Waals surface area contributed by atoms with Gasteiger partial charge in [0, 0.05) is 0 Å². The maximum absolute atomic E-state index is 11.0. The van der Waals surface area contributed by atoms with Gasteiger partial charge in [-0.1, -0.05) is 0 Å². The zero-order valence-electron chi connectivity index (χ0n) is 7.59. The van der Waals surface area contributed by atoms with E-state index >= 15 is 0 Å². The second-order valence-corrected chi connectivity index (χ2v) is 2.07. The molecule has 70 valence electrons. The van der Waals surface area contributed by atoms with Crippen LogP contribution in [0.4, 0.5) is 0 Å². The first-order valence-corrected chi connectivity index (χ1v) is 3.83. The van der Waals surface area contributed by atoms with Crippen molar-refractivity contribution >= 4 is 5.97 Å². The summed E-state index contributed by atoms with van der Waals surface area (Å²) in [6.45, 7) is 5.38. The summed E-state index contributed by atoms with van der Waals surface area (Å²) in [4.78, 5) is 11.0. The molecule has 0 aliphatic carbocycles. The summed E-state index contributed by atoms with van der Waals surface area (Å²) in [5.74, 6) is -0.894. The molecule has 0 atom stereocenters. The van der Waals surface area contributed by atoms with Crippen LogP contribution < -0.4 is 0 Å². The van der Waals surface area contributed by atoms with Gasteiger partial charge in [0.1, 0.15) is 5.76 Å². The van der Waals surface area contributed by atoms with Crippen molar-refractivity contribution in [3.8, 4) is 0 Å². The molecule has 0 saturated heterocycles. The van der Waals surface area contributed by atoms with Crippen molar-refractivity contribution in [3.63, 3.8) is 0 Å². The van der Waals surface area contributed by atoms with E-state index in [0.717, 1.165) is 0 Å². The van der Waals surface area contributed by atoms with E-state index in [-0.39, 0.29) is 18.1 Å². The molecule has 1 N–H and O–H groups in total. The number of aliphatic hydroxyl groups excluding tert-OH is 1. The molecule has 0 unspecified atom stereocenters. The lowest BCUT2D eigenvalue weighted by Crippen LogP contribution is -2.12. The lowest BCUT2D eigenvalue weighted by molar-refractivity contribution is -0.143. The number of hydrogen-bond acceptors (Lipinski definition) is 4. The summed E-state index contributed by atoms with van der Waals surface area (Å²) in [6.07, 6.45) is 0. The zero-order valence-corrected chi connectivity index (χ0v) is 7.59. The second-order valence-electron chi connectivity index (χ2n) is 2.07. The molecule has 4 nitrogen and oxygen atoms in total. The number of hydrogen-bond donors (Lipinski definition) is 1. The van der Waals surface area contributed by atoms with Crippen LogP contribution in [0.2, 0.25) is 0 Å². The normalized spacial score (nSPS) is 11.9. The van der Waals surface area contributed by atoms with Gasteiger partial charge in [-0.3, -0.25) is 0 Å². The first-order valence-electron chi connectivity index (χ1n) is 3.83. The van der Waals surface area contributed by atoms with Crippen LogP contribution in [0.5, 0.6) is 0 Å². The zero-order chi connectivity index (χ0) is 9.56. The largest absolute Gasteiger partial charge is 0.508 e. The number of allylic oxidation sites excluding steroid dienone is 1. The van der Waals surface area contributed by atoms with Gasteiger partial charge < -0.3 is 14.6 Å². The standard InChI is InChI=1S/C8H14O4/c1-4-11-7(6(3)9)8(10)12-5-2/h9H,4-5H2,1-3H3. The van der Waals surface area contributed by atoms with E-state index in [1.807, 2.05) is 0 Å². The van der Waals surface area contributed by atoms with Crippen LogP contribution >= 0.6 is 0 Å². The van der Waals surface area contributed by atoms with Crippen molar-refractivity contribution in [1.82, 2.24) is 0 Å². The topological polar surface area (TPSA) is 55.8 Å². The minimum atomic E-state index is -0.626. The summed E-state index contributed by atoms with van der Waals surface area (Å²) in [7, 11) is 0. The number of carbonyl (C=O) groups excluding carboxylic acids is 1. The molecule has 0 aromatic heterocycles. The van der Waals surface area contributed by atoms with Crippen molar-refractivity contribution < 1.29 is 19.4 Å². The SMILES string of the molecule is CCOC(=O)C(OCC)=C(C)O. The van der Waals surface area contributed by atoms with Crippen molar-refractivity contribution in [3.05, 3.63) is 11.5 Å². The van der Waals surface area contributed by atoms with Gasteiger partial charge in [0.05, 0.1) is 13.2 Å². The highest BCUT2D eigenvalue weighted by Crippen LogP contribution is 2.05. The average Bonchev–Trinajstić information content (AvgIpc) is 1.99. The molecule has 0 spiro atoms. The van der Waals surface area contributed by atoms with Crippen molar-refractivity contribution in [2.45, 2.75) is 20.8 Å². The van der Waals surface area contributed by atoms with Crippen molar-refractivity contribution in [2.75, 3.05) is 13.2 Å². The van der Waals surface area contributed by atoms with Gasteiger partial charge in [0.15, 0.2) is 0 Å². The van der Waals surface area contributed by atoms with Gasteiger partial charge in [0.2, 0.25) is 5.76 Å². The molecule has 4 heteroatoms. The highest BCUT2D eigenvalue weighted by Gasteiger charge is 2.14. The molecule has 0 rings (SSSR count). The van der Waals surface area contributed by atoms with Crippen LogP contribution in [-0.2, 0) is 14.3 Å². The predicted octanol–water partition coefficient (Wildman–Crippen LogP) is 1.38. The molecular formula is C8H14O4. The third-order valence-corrected chi connectivity index (χ3v) is 1.08. The van der Waals surface area contributed by atoms with E-state index in [0.29, 0.717) is 6.61 Å². The number of esters is 1. The van der Waals surface area contributed by atoms with Crippen LogP contribution in [0, 0.1) is 0 Å². The van der Waals surface area contributed by atoms with Gasteiger partial charge in [-0.15, -0.1) is 0 Å². The summed E-state index contributed by atoms with van der Waals surface area (Å²) < 4.78 is 9.51. The molecule has 0 radical (unpaired) electrons. The first kappa shape index (κ1) is 10.8. The Hall–Kier alpha value is -1.19. The Morgan fingerprint density at radius 1 is 1.25 bits per heavy atom. The Bertz CT molecular complexity index is 179. The Morgan fingerprint density at radius 3 is 2.08 bits per heavy atom. The third-order valence-electron chi connectivity index (χ3n) is 1.08. The third kappa shape index (κ3) is 3.27. The molecule has 0 aromatic carbocycles. The highest BCUT2D eigenvalue weighted by molar-refractivity contribution is 5.86. The van der Waals surface area contributed by atoms with E-state index in [2.05, 4.69) is 4.74 Å². The lowest BCUT2D eigenvalue weighted by atomic mass is 10.4. The Kier molecular flexibility index (Phi) is 4.92. The fraction of sp³-hybridized carbons (Fsp3) is 0.625. The molecule has 0 aliphatic heterocycles. The second kappa shape index (κ2) is 5.46. The first-order chi connectivity index (χ1) is 5.63. The summed E-state index contributed by atoms with van der Waals surface area (Å²) in [5, 5.41) is 8.99. The number of rotatable bonds is 4. The van der Waals surface area contributed by atoms with Gasteiger partial charge in [-0.25, -0.2) is 4.79 Å². The molecule has 12 heavy (non-hydrogen) atoms. The predicted molar refractivity (Wildman–Crippen MR) is 43.6 cm³/mol. The molecule has 0 aliphatic rings. The van der Waals surface area contributed by atoms with Crippen LogP contribution in [-0.4, -0.2) is 24.3 Å². The van der Waals surface area contributed by atoms with Crippen LogP contribution in [0.1, 0.15) is 20.8 Å². The molecule has 0 fully saturated rings. The van der Waals surface area contributed by atoms with E-state index in [1.54, 1.807) is 13.8 Å². The van der Waals surface area contributed by atoms with E-state index in [1.165, 1.54) is 6.92 Å². The average molecular weight is 174 g/mol. The van der Waals surface area contributed by atoms with E-state index in [4.69, 9.17) is 9.84 Å². The Labute approximate surface area is 71.8 Å². The minimum absolute atomic E-state index is 0.112. The molecule has 0 saturated carbocycles. The van der Waals surface area contributed by atoms with Gasteiger partial charge >= 0.3 is 5.97 Å². The summed E-state index contributed by atoms with van der Waals surface area (Å²) >= 11 is 0. The van der Waals surface area contributed by atoms with Crippen LogP contribution in [0.25, 0.3) is 0 Å². The number of ether oxygens (including phenoxy) is 2. The lowest BCUT2D eigenvalue weighted by Gasteiger charge is -2.07. The monoisotopic (exact) mass is 174 g/mol. The van der Waals surface area contributed by atoms with Crippen molar-refractivity contribution in [1.29, 1.82) is 0 Å². The van der Waals surface area contributed by atoms with E-state index in [9.17, 15) is 4.79 Å². The fourth-order valence-electron chi connectivity index (χ4n) is 0.652. The smallest absolute Gasteiger partial charge is 0.377 e. The summed E-state index contributed by atoms with van der Waals surface area (Å²) in [5.41, 5.74) is 0. The summed E-state index contributed by atoms with van der Waals surface area (Å²) in [6, 6.07) is 0. The highest BCUT2D eigenvalue weighted by atomic mass is 16.6. The van der Waals surface area contributed by atoms with E-state index < -0.39 is 5.97 Å². The molecule has 0 amide bonds. The van der Waals surface area contributed by atoms with Crippen molar-refractivity contribution in [2.24, 2.45) is 0 Å².